The summed E-state index contributed by atoms with van der Waals surface area (Å²) in [4.78, 5) is 12.9. The SMILES string of the molecule is Cc1ccc(Cn2cc(C(CC(=O)NCC(C)C)c3cccc(Cl)c3)c3ccccc32)cc1. The lowest BCUT2D eigenvalue weighted by atomic mass is 9.88. The topological polar surface area (TPSA) is 34.0 Å². The van der Waals surface area contributed by atoms with Gasteiger partial charge in [0.1, 0.15) is 0 Å². The first-order valence-corrected chi connectivity index (χ1v) is 11.9. The predicted molar refractivity (Wildman–Crippen MR) is 138 cm³/mol. The van der Waals surface area contributed by atoms with E-state index in [2.05, 4.69) is 91.4 Å². The van der Waals surface area contributed by atoms with Crippen LogP contribution in [0.15, 0.2) is 79.0 Å². The molecule has 0 saturated heterocycles. The van der Waals surface area contributed by atoms with Crippen molar-refractivity contribution in [2.24, 2.45) is 5.92 Å². The van der Waals surface area contributed by atoms with Crippen molar-refractivity contribution in [3.63, 3.8) is 0 Å². The number of aryl methyl sites for hydroxylation is 1. The van der Waals surface area contributed by atoms with E-state index in [1.165, 1.54) is 22.0 Å². The van der Waals surface area contributed by atoms with Gasteiger partial charge in [0.25, 0.3) is 0 Å². The van der Waals surface area contributed by atoms with E-state index in [4.69, 9.17) is 11.6 Å². The van der Waals surface area contributed by atoms with E-state index in [-0.39, 0.29) is 11.8 Å². The first kappa shape index (κ1) is 23.1. The maximum atomic E-state index is 12.9. The van der Waals surface area contributed by atoms with Crippen molar-refractivity contribution in [3.8, 4) is 0 Å². The highest BCUT2D eigenvalue weighted by atomic mass is 35.5. The molecule has 1 amide bonds. The van der Waals surface area contributed by atoms with Gasteiger partial charge in [-0.15, -0.1) is 0 Å². The van der Waals surface area contributed by atoms with Crippen molar-refractivity contribution < 1.29 is 4.79 Å². The highest BCUT2D eigenvalue weighted by Crippen LogP contribution is 2.36. The van der Waals surface area contributed by atoms with Gasteiger partial charge in [-0.1, -0.05) is 85.6 Å². The van der Waals surface area contributed by atoms with Crippen LogP contribution in [0.25, 0.3) is 10.9 Å². The minimum absolute atomic E-state index is 0.0593. The third-order valence-electron chi connectivity index (χ3n) is 6.02. The van der Waals surface area contributed by atoms with E-state index in [0.29, 0.717) is 23.9 Å². The molecule has 0 bridgehead atoms. The molecule has 3 nitrogen and oxygen atoms in total. The minimum Gasteiger partial charge on any atom is -0.356 e. The molecule has 4 rings (SSSR count). The van der Waals surface area contributed by atoms with Crippen molar-refractivity contribution in [2.75, 3.05) is 6.54 Å². The van der Waals surface area contributed by atoms with Crippen LogP contribution in [0.5, 0.6) is 0 Å². The molecule has 0 aliphatic carbocycles. The van der Waals surface area contributed by atoms with Crippen molar-refractivity contribution in [1.29, 1.82) is 0 Å². The summed E-state index contributed by atoms with van der Waals surface area (Å²) >= 11 is 6.35. The number of nitrogens with one attached hydrogen (secondary N) is 1. The summed E-state index contributed by atoms with van der Waals surface area (Å²) in [6.07, 6.45) is 2.59. The Morgan fingerprint density at radius 1 is 1.00 bits per heavy atom. The quantitative estimate of drug-likeness (QED) is 0.304. The van der Waals surface area contributed by atoms with Gasteiger partial charge in [0.05, 0.1) is 0 Å². The number of hydrogen-bond acceptors (Lipinski definition) is 1. The number of benzene rings is 3. The molecule has 3 aromatic carbocycles. The van der Waals surface area contributed by atoms with Crippen molar-refractivity contribution in [3.05, 3.63) is 106 Å². The summed E-state index contributed by atoms with van der Waals surface area (Å²) in [7, 11) is 0. The summed E-state index contributed by atoms with van der Waals surface area (Å²) in [6.45, 7) is 7.77. The number of rotatable bonds is 8. The highest BCUT2D eigenvalue weighted by Gasteiger charge is 2.23. The van der Waals surface area contributed by atoms with Gasteiger partial charge in [0, 0.05) is 47.6 Å². The number of carbonyl (C=O) groups is 1. The van der Waals surface area contributed by atoms with Gasteiger partial charge < -0.3 is 9.88 Å². The smallest absolute Gasteiger partial charge is 0.220 e. The Labute approximate surface area is 201 Å². The largest absolute Gasteiger partial charge is 0.356 e. The lowest BCUT2D eigenvalue weighted by Crippen LogP contribution is -2.28. The molecule has 0 fully saturated rings. The average molecular weight is 459 g/mol. The second kappa shape index (κ2) is 10.3. The zero-order valence-electron chi connectivity index (χ0n) is 19.5. The summed E-state index contributed by atoms with van der Waals surface area (Å²) < 4.78 is 2.29. The van der Waals surface area contributed by atoms with Crippen LogP contribution in [-0.2, 0) is 11.3 Å². The van der Waals surface area contributed by atoms with Crippen LogP contribution < -0.4 is 5.32 Å². The molecule has 0 radical (unpaired) electrons. The Morgan fingerprint density at radius 2 is 1.76 bits per heavy atom. The Hall–Kier alpha value is -3.04. The Balaban J connectivity index is 1.75. The number of fused-ring (bicyclic) bond motifs is 1. The van der Waals surface area contributed by atoms with E-state index in [0.717, 1.165) is 17.7 Å². The molecule has 4 heteroatoms. The second-order valence-corrected chi connectivity index (χ2v) is 9.66. The second-order valence-electron chi connectivity index (χ2n) is 9.22. The van der Waals surface area contributed by atoms with Crippen LogP contribution in [0.3, 0.4) is 0 Å². The highest BCUT2D eigenvalue weighted by molar-refractivity contribution is 6.30. The van der Waals surface area contributed by atoms with Gasteiger partial charge in [0.2, 0.25) is 5.91 Å². The third kappa shape index (κ3) is 5.66. The van der Waals surface area contributed by atoms with Crippen LogP contribution in [-0.4, -0.2) is 17.0 Å². The van der Waals surface area contributed by atoms with E-state index in [1.54, 1.807) is 0 Å². The molecule has 33 heavy (non-hydrogen) atoms. The molecular formula is C29H31ClN2O. The van der Waals surface area contributed by atoms with E-state index in [1.807, 2.05) is 18.2 Å². The third-order valence-corrected chi connectivity index (χ3v) is 6.25. The van der Waals surface area contributed by atoms with Crippen molar-refractivity contribution >= 4 is 28.4 Å². The molecule has 4 aromatic rings. The molecule has 0 spiro atoms. The van der Waals surface area contributed by atoms with E-state index in [9.17, 15) is 4.79 Å². The number of hydrogen-bond donors (Lipinski definition) is 1. The molecule has 0 aliphatic heterocycles. The van der Waals surface area contributed by atoms with Gasteiger partial charge in [-0.25, -0.2) is 0 Å². The van der Waals surface area contributed by atoms with Gasteiger partial charge >= 0.3 is 0 Å². The minimum atomic E-state index is -0.0833. The van der Waals surface area contributed by atoms with Crippen LogP contribution in [0, 0.1) is 12.8 Å². The normalized spacial score (nSPS) is 12.3. The fraction of sp³-hybridized carbons (Fsp3) is 0.276. The maximum Gasteiger partial charge on any atom is 0.220 e. The number of halogens is 1. The molecule has 1 atom stereocenters. The molecule has 1 N–H and O–H groups in total. The molecule has 1 aromatic heterocycles. The molecule has 170 valence electrons. The maximum absolute atomic E-state index is 12.9. The number of amides is 1. The number of nitrogens with zero attached hydrogens (tertiary/aromatic N) is 1. The Bertz CT molecular complexity index is 1240. The standard InChI is InChI=1S/C29H31ClN2O/c1-20(2)17-31-29(33)16-26(23-7-6-8-24(30)15-23)27-19-32(28-10-5-4-9-25(27)28)18-22-13-11-21(3)12-14-22/h4-15,19-20,26H,16-18H2,1-3H3,(H,31,33). The van der Waals surface area contributed by atoms with Crippen molar-refractivity contribution in [2.45, 2.75) is 39.7 Å². The lowest BCUT2D eigenvalue weighted by molar-refractivity contribution is -0.121. The zero-order chi connectivity index (χ0) is 23.4. The van der Waals surface area contributed by atoms with Gasteiger partial charge in [-0.3, -0.25) is 4.79 Å². The fourth-order valence-corrected chi connectivity index (χ4v) is 4.48. The van der Waals surface area contributed by atoms with E-state index < -0.39 is 0 Å². The van der Waals surface area contributed by atoms with Crippen LogP contribution >= 0.6 is 11.6 Å². The Morgan fingerprint density at radius 3 is 2.48 bits per heavy atom. The van der Waals surface area contributed by atoms with Crippen LogP contribution in [0.4, 0.5) is 0 Å². The number of aromatic nitrogens is 1. The summed E-state index contributed by atoms with van der Waals surface area (Å²) in [5.74, 6) is 0.388. The van der Waals surface area contributed by atoms with Gasteiger partial charge in [-0.05, 0) is 47.7 Å². The van der Waals surface area contributed by atoms with Gasteiger partial charge in [0.15, 0.2) is 0 Å². The zero-order valence-corrected chi connectivity index (χ0v) is 20.3. The summed E-state index contributed by atoms with van der Waals surface area (Å²) in [5.41, 5.74) is 5.88. The van der Waals surface area contributed by atoms with Crippen molar-refractivity contribution in [1.82, 2.24) is 9.88 Å². The fourth-order valence-electron chi connectivity index (χ4n) is 4.28. The molecule has 0 aliphatic rings. The lowest BCUT2D eigenvalue weighted by Gasteiger charge is -2.18. The van der Waals surface area contributed by atoms with E-state index >= 15 is 0 Å². The first-order chi connectivity index (χ1) is 15.9. The Kier molecular flexibility index (Phi) is 7.20. The molecular weight excluding hydrogens is 428 g/mol. The first-order valence-electron chi connectivity index (χ1n) is 11.6. The average Bonchev–Trinajstić information content (AvgIpc) is 3.16. The monoisotopic (exact) mass is 458 g/mol. The number of carbonyl (C=O) groups excluding carboxylic acids is 1. The molecule has 0 saturated carbocycles. The van der Waals surface area contributed by atoms with Gasteiger partial charge in [-0.2, -0.15) is 0 Å². The summed E-state index contributed by atoms with van der Waals surface area (Å²) in [5, 5.41) is 4.94. The predicted octanol–water partition coefficient (Wildman–Crippen LogP) is 6.95. The van der Waals surface area contributed by atoms with Crippen LogP contribution in [0.1, 0.15) is 48.4 Å². The molecule has 1 unspecified atom stereocenters. The molecule has 1 heterocycles. The van der Waals surface area contributed by atoms with Crippen LogP contribution in [0.2, 0.25) is 5.02 Å². The summed E-state index contributed by atoms with van der Waals surface area (Å²) in [6, 6.07) is 25.0. The number of para-hydroxylation sites is 1.